The van der Waals surface area contributed by atoms with Gasteiger partial charge in [-0.25, -0.2) is 0 Å². The van der Waals surface area contributed by atoms with Crippen molar-refractivity contribution in [2.24, 2.45) is 11.3 Å². The summed E-state index contributed by atoms with van der Waals surface area (Å²) in [6.45, 7) is 4.04. The van der Waals surface area contributed by atoms with E-state index >= 15 is 0 Å². The van der Waals surface area contributed by atoms with Crippen LogP contribution in [0.4, 0.5) is 0 Å². The van der Waals surface area contributed by atoms with E-state index < -0.39 is 0 Å². The van der Waals surface area contributed by atoms with E-state index in [2.05, 4.69) is 0 Å². The molecule has 0 spiro atoms. The summed E-state index contributed by atoms with van der Waals surface area (Å²) in [7, 11) is 0. The highest BCUT2D eigenvalue weighted by Gasteiger charge is 2.47. The Morgan fingerprint density at radius 2 is 2.35 bits per heavy atom. The molecule has 5 heteroatoms. The van der Waals surface area contributed by atoms with Gasteiger partial charge in [0.1, 0.15) is 0 Å². The van der Waals surface area contributed by atoms with Crippen LogP contribution in [0, 0.1) is 11.3 Å². The Balaban J connectivity index is 1.46. The molecule has 1 aromatic rings. The maximum absolute atomic E-state index is 12.7. The summed E-state index contributed by atoms with van der Waals surface area (Å²) in [5.41, 5.74) is 0.816. The first-order chi connectivity index (χ1) is 11.3. The van der Waals surface area contributed by atoms with Gasteiger partial charge in [0.25, 0.3) is 5.91 Å². The Kier molecular flexibility index (Phi) is 4.43. The molecule has 4 nitrogen and oxygen atoms in total. The lowest BCUT2D eigenvalue weighted by molar-refractivity contribution is -0.147. The Morgan fingerprint density at radius 1 is 1.43 bits per heavy atom. The van der Waals surface area contributed by atoms with E-state index in [1.807, 2.05) is 21.7 Å². The Bertz CT molecular complexity index is 542. The number of likely N-dealkylation sites (tertiary alicyclic amines) is 1. The molecule has 4 rings (SSSR count). The molecule has 126 valence electrons. The van der Waals surface area contributed by atoms with Gasteiger partial charge in [0.15, 0.2) is 0 Å². The quantitative estimate of drug-likeness (QED) is 0.829. The van der Waals surface area contributed by atoms with Crippen LogP contribution < -0.4 is 0 Å². The number of carbonyl (C=O) groups is 1. The van der Waals surface area contributed by atoms with Gasteiger partial charge in [-0.2, -0.15) is 11.3 Å². The maximum atomic E-state index is 12.7. The third-order valence-electron chi connectivity index (χ3n) is 5.48. The molecule has 1 saturated carbocycles. The van der Waals surface area contributed by atoms with Gasteiger partial charge >= 0.3 is 0 Å². The van der Waals surface area contributed by atoms with Crippen LogP contribution in [0.2, 0.25) is 0 Å². The molecular formula is C18H25NO3S. The van der Waals surface area contributed by atoms with E-state index in [4.69, 9.17) is 9.47 Å². The van der Waals surface area contributed by atoms with Crippen LogP contribution in [0.1, 0.15) is 42.5 Å². The van der Waals surface area contributed by atoms with E-state index in [0.29, 0.717) is 0 Å². The molecule has 1 amide bonds. The second-order valence-corrected chi connectivity index (χ2v) is 8.09. The molecule has 0 radical (unpaired) electrons. The summed E-state index contributed by atoms with van der Waals surface area (Å²) in [5, 5.41) is 3.92. The molecule has 0 bridgehead atoms. The molecule has 2 saturated heterocycles. The number of carbonyl (C=O) groups excluding carboxylic acids is 1. The molecule has 23 heavy (non-hydrogen) atoms. The first kappa shape index (κ1) is 15.6. The van der Waals surface area contributed by atoms with Gasteiger partial charge in [-0.1, -0.05) is 0 Å². The molecular weight excluding hydrogens is 310 g/mol. The molecule has 1 aliphatic carbocycles. The second kappa shape index (κ2) is 6.54. The molecule has 3 heterocycles. The van der Waals surface area contributed by atoms with Crippen molar-refractivity contribution in [3.63, 3.8) is 0 Å². The molecule has 0 N–H and O–H groups in total. The SMILES string of the molecule is O=C(c1ccsc1)N1CC[C@@H]2OCCC[C@]2(COCC2CC2)C1. The van der Waals surface area contributed by atoms with Crippen molar-refractivity contribution < 1.29 is 14.3 Å². The number of nitrogens with zero attached hydrogens (tertiary/aromatic N) is 1. The third kappa shape index (κ3) is 3.32. The first-order valence-corrected chi connectivity index (χ1v) is 9.72. The zero-order valence-corrected chi connectivity index (χ0v) is 14.4. The number of thiophene rings is 1. The van der Waals surface area contributed by atoms with Gasteiger partial charge in [0, 0.05) is 37.1 Å². The fourth-order valence-electron chi connectivity index (χ4n) is 3.96. The fraction of sp³-hybridized carbons (Fsp3) is 0.722. The lowest BCUT2D eigenvalue weighted by atomic mass is 9.73. The first-order valence-electron chi connectivity index (χ1n) is 8.78. The minimum atomic E-state index is -0.00291. The zero-order valence-electron chi connectivity index (χ0n) is 13.5. The topological polar surface area (TPSA) is 38.8 Å². The second-order valence-electron chi connectivity index (χ2n) is 7.31. The average molecular weight is 335 g/mol. The normalized spacial score (nSPS) is 31.0. The third-order valence-corrected chi connectivity index (χ3v) is 6.17. The summed E-state index contributed by atoms with van der Waals surface area (Å²) in [5.74, 6) is 0.943. The lowest BCUT2D eigenvalue weighted by Gasteiger charge is -2.50. The van der Waals surface area contributed by atoms with Crippen molar-refractivity contribution in [2.75, 3.05) is 32.9 Å². The number of fused-ring (bicyclic) bond motifs is 1. The van der Waals surface area contributed by atoms with Gasteiger partial charge in [-0.05, 0) is 49.5 Å². The molecule has 0 unspecified atom stereocenters. The fourth-order valence-corrected chi connectivity index (χ4v) is 4.59. The van der Waals surface area contributed by atoms with Crippen molar-refractivity contribution >= 4 is 17.2 Å². The van der Waals surface area contributed by atoms with Gasteiger partial charge in [-0.15, -0.1) is 0 Å². The summed E-state index contributed by atoms with van der Waals surface area (Å²) in [6, 6.07) is 1.92. The van der Waals surface area contributed by atoms with Crippen LogP contribution in [0.25, 0.3) is 0 Å². The Hall–Kier alpha value is -0.910. The standard InChI is InChI=1S/C18H25NO3S/c20-17(15-5-9-23-11-15)19-7-4-16-18(12-19,6-1-8-22-16)13-21-10-14-2-3-14/h5,9,11,14,16H,1-4,6-8,10,12-13H2/t16-,18+/m0/s1. The summed E-state index contributed by atoms with van der Waals surface area (Å²) >= 11 is 1.58. The molecule has 3 fully saturated rings. The van der Waals surface area contributed by atoms with Crippen LogP contribution in [-0.4, -0.2) is 49.8 Å². The Labute approximate surface area is 141 Å². The number of ether oxygens (including phenoxy) is 2. The molecule has 2 aliphatic heterocycles. The van der Waals surface area contributed by atoms with Crippen LogP contribution in [0.3, 0.4) is 0 Å². The molecule has 3 aliphatic rings. The van der Waals surface area contributed by atoms with Gasteiger partial charge in [-0.3, -0.25) is 4.79 Å². The molecule has 1 aromatic heterocycles. The van der Waals surface area contributed by atoms with Crippen LogP contribution in [-0.2, 0) is 9.47 Å². The van der Waals surface area contributed by atoms with E-state index in [1.165, 1.54) is 12.8 Å². The van der Waals surface area contributed by atoms with E-state index in [1.54, 1.807) is 11.3 Å². The van der Waals surface area contributed by atoms with Crippen molar-refractivity contribution in [3.8, 4) is 0 Å². The van der Waals surface area contributed by atoms with Crippen molar-refractivity contribution in [1.82, 2.24) is 4.90 Å². The molecule has 0 aromatic carbocycles. The van der Waals surface area contributed by atoms with Gasteiger partial charge in [0.2, 0.25) is 0 Å². The summed E-state index contributed by atoms with van der Waals surface area (Å²) in [6.07, 6.45) is 6.00. The van der Waals surface area contributed by atoms with E-state index in [-0.39, 0.29) is 17.4 Å². The number of piperidine rings is 1. The summed E-state index contributed by atoms with van der Waals surface area (Å²) in [4.78, 5) is 14.7. The minimum Gasteiger partial charge on any atom is -0.380 e. The van der Waals surface area contributed by atoms with Gasteiger partial charge in [0.05, 0.1) is 18.3 Å². The highest BCUT2D eigenvalue weighted by Crippen LogP contribution is 2.41. The van der Waals surface area contributed by atoms with Crippen LogP contribution >= 0.6 is 11.3 Å². The number of amides is 1. The van der Waals surface area contributed by atoms with Gasteiger partial charge < -0.3 is 14.4 Å². The minimum absolute atomic E-state index is 0.00291. The predicted molar refractivity (Wildman–Crippen MR) is 89.8 cm³/mol. The average Bonchev–Trinajstić information content (AvgIpc) is 3.24. The lowest BCUT2D eigenvalue weighted by Crippen LogP contribution is -2.58. The smallest absolute Gasteiger partial charge is 0.254 e. The van der Waals surface area contributed by atoms with E-state index in [9.17, 15) is 4.79 Å². The zero-order chi connectivity index (χ0) is 15.7. The number of hydrogen-bond acceptors (Lipinski definition) is 4. The predicted octanol–water partition coefficient (Wildman–Crippen LogP) is 3.19. The molecule has 2 atom stereocenters. The van der Waals surface area contributed by atoms with E-state index in [0.717, 1.165) is 63.7 Å². The van der Waals surface area contributed by atoms with Crippen molar-refractivity contribution in [1.29, 1.82) is 0 Å². The highest BCUT2D eigenvalue weighted by molar-refractivity contribution is 7.08. The monoisotopic (exact) mass is 335 g/mol. The Morgan fingerprint density at radius 3 is 3.13 bits per heavy atom. The van der Waals surface area contributed by atoms with Crippen molar-refractivity contribution in [2.45, 2.75) is 38.2 Å². The summed E-state index contributed by atoms with van der Waals surface area (Å²) < 4.78 is 12.1. The van der Waals surface area contributed by atoms with Crippen LogP contribution in [0.15, 0.2) is 16.8 Å². The largest absolute Gasteiger partial charge is 0.380 e. The maximum Gasteiger partial charge on any atom is 0.254 e. The highest BCUT2D eigenvalue weighted by atomic mass is 32.1. The van der Waals surface area contributed by atoms with Crippen molar-refractivity contribution in [3.05, 3.63) is 22.4 Å². The number of rotatable bonds is 5. The van der Waals surface area contributed by atoms with Crippen LogP contribution in [0.5, 0.6) is 0 Å². The number of hydrogen-bond donors (Lipinski definition) is 0.